The minimum absolute atomic E-state index is 0.212. The van der Waals surface area contributed by atoms with Crippen molar-refractivity contribution in [3.63, 3.8) is 0 Å². The van der Waals surface area contributed by atoms with E-state index in [1.54, 1.807) is 0 Å². The van der Waals surface area contributed by atoms with E-state index in [1.165, 1.54) is 30.3 Å². The molecule has 0 saturated carbocycles. The smallest absolute Gasteiger partial charge is 0.288 e. The predicted octanol–water partition coefficient (Wildman–Crippen LogP) is 4.89. The molecule has 0 radical (unpaired) electrons. The van der Waals surface area contributed by atoms with Gasteiger partial charge in [0.15, 0.2) is 6.10 Å². The molecular formula is C8H6Cl2F3O2P. The molecule has 0 saturated heterocycles. The average Bonchev–Trinajstić information content (AvgIpc) is 2.13. The Labute approximate surface area is 99.3 Å². The molecule has 1 unspecified atom stereocenters. The van der Waals surface area contributed by atoms with Crippen LogP contribution in [0.5, 0.6) is 0 Å². The third-order valence-electron chi connectivity index (χ3n) is 1.63. The van der Waals surface area contributed by atoms with Crippen LogP contribution in [0.2, 0.25) is 0 Å². The van der Waals surface area contributed by atoms with Crippen LogP contribution in [0.1, 0.15) is 11.7 Å². The maximum atomic E-state index is 12.6. The van der Waals surface area contributed by atoms with E-state index in [0.717, 1.165) is 0 Å². The second-order valence-corrected chi connectivity index (χ2v) is 7.08. The number of rotatable bonds is 3. The summed E-state index contributed by atoms with van der Waals surface area (Å²) < 4.78 is 52.7. The molecule has 1 rings (SSSR count). The van der Waals surface area contributed by atoms with E-state index in [-0.39, 0.29) is 5.56 Å². The molecule has 0 aromatic heterocycles. The third-order valence-corrected chi connectivity index (χ3v) is 2.56. The molecular weight excluding hydrogens is 287 g/mol. The Kier molecular flexibility index (Phi) is 4.29. The molecule has 0 spiro atoms. The topological polar surface area (TPSA) is 26.3 Å². The first-order valence-corrected chi connectivity index (χ1v) is 7.43. The van der Waals surface area contributed by atoms with Crippen molar-refractivity contribution in [1.82, 2.24) is 0 Å². The molecule has 1 aromatic carbocycles. The summed E-state index contributed by atoms with van der Waals surface area (Å²) in [5.41, 5.74) is -0.212. The molecule has 0 N–H and O–H groups in total. The molecule has 16 heavy (non-hydrogen) atoms. The van der Waals surface area contributed by atoms with Crippen LogP contribution in [0.15, 0.2) is 30.3 Å². The first-order valence-electron chi connectivity index (χ1n) is 3.99. The van der Waals surface area contributed by atoms with Crippen LogP contribution in [0.4, 0.5) is 13.2 Å². The summed E-state index contributed by atoms with van der Waals surface area (Å²) in [4.78, 5) is 0. The van der Waals surface area contributed by atoms with Gasteiger partial charge in [-0.05, 0) is 28.0 Å². The molecule has 0 aliphatic heterocycles. The van der Waals surface area contributed by atoms with E-state index in [1.807, 2.05) is 0 Å². The van der Waals surface area contributed by atoms with Crippen LogP contribution in [0, 0.1) is 0 Å². The Hall–Kier alpha value is -0.220. The minimum Gasteiger partial charge on any atom is -0.288 e. The van der Waals surface area contributed by atoms with Crippen LogP contribution >= 0.6 is 28.6 Å². The van der Waals surface area contributed by atoms with E-state index < -0.39 is 18.4 Å². The summed E-state index contributed by atoms with van der Waals surface area (Å²) in [5, 5.41) is 0. The highest BCUT2D eigenvalue weighted by molar-refractivity contribution is 8.05. The lowest BCUT2D eigenvalue weighted by Crippen LogP contribution is -2.21. The van der Waals surface area contributed by atoms with Gasteiger partial charge in [-0.3, -0.25) is 9.09 Å². The zero-order chi connectivity index (χ0) is 12.4. The van der Waals surface area contributed by atoms with Crippen molar-refractivity contribution < 1.29 is 22.3 Å². The lowest BCUT2D eigenvalue weighted by molar-refractivity contribution is -0.196. The Morgan fingerprint density at radius 2 is 1.69 bits per heavy atom. The molecule has 1 aromatic rings. The fourth-order valence-electron chi connectivity index (χ4n) is 1.06. The highest BCUT2D eigenvalue weighted by Crippen LogP contribution is 2.62. The Morgan fingerprint density at radius 1 is 1.19 bits per heavy atom. The fourth-order valence-corrected chi connectivity index (χ4v) is 2.02. The lowest BCUT2D eigenvalue weighted by atomic mass is 10.1. The van der Waals surface area contributed by atoms with Gasteiger partial charge < -0.3 is 0 Å². The normalized spacial score (nSPS) is 14.8. The number of hydrogen-bond acceptors (Lipinski definition) is 2. The van der Waals surface area contributed by atoms with Gasteiger partial charge in [-0.25, -0.2) is 0 Å². The maximum absolute atomic E-state index is 12.6. The van der Waals surface area contributed by atoms with Crippen molar-refractivity contribution in [2.75, 3.05) is 0 Å². The molecule has 0 heterocycles. The quantitative estimate of drug-likeness (QED) is 0.741. The van der Waals surface area contributed by atoms with Crippen molar-refractivity contribution in [3.05, 3.63) is 35.9 Å². The summed E-state index contributed by atoms with van der Waals surface area (Å²) in [7, 11) is 0. The third kappa shape index (κ3) is 4.34. The summed E-state index contributed by atoms with van der Waals surface area (Å²) in [5.74, 6) is 0. The molecule has 0 bridgehead atoms. The predicted molar refractivity (Wildman–Crippen MR) is 55.6 cm³/mol. The van der Waals surface area contributed by atoms with Crippen LogP contribution in [-0.4, -0.2) is 6.18 Å². The first-order chi connectivity index (χ1) is 7.20. The second-order valence-electron chi connectivity index (χ2n) is 2.85. The van der Waals surface area contributed by atoms with Crippen molar-refractivity contribution in [3.8, 4) is 0 Å². The molecule has 0 aliphatic carbocycles. The molecule has 1 atom stereocenters. The molecule has 2 nitrogen and oxygen atoms in total. The van der Waals surface area contributed by atoms with E-state index in [2.05, 4.69) is 4.52 Å². The van der Waals surface area contributed by atoms with Gasteiger partial charge in [0.2, 0.25) is 0 Å². The van der Waals surface area contributed by atoms with E-state index in [0.29, 0.717) is 0 Å². The van der Waals surface area contributed by atoms with Crippen molar-refractivity contribution in [1.29, 1.82) is 0 Å². The van der Waals surface area contributed by atoms with E-state index in [9.17, 15) is 17.7 Å². The molecule has 0 fully saturated rings. The standard InChI is InChI=1S/C8H6Cl2F3O2P/c9-16(10,14)15-7(8(11,12)13)6-4-2-1-3-5-6/h1-5,7H. The number of halogens is 5. The SMILES string of the molecule is O=P(Cl)(Cl)OC(c1ccccc1)C(F)(F)F. The number of alkyl halides is 3. The maximum Gasteiger partial charge on any atom is 0.419 e. The Bertz CT molecular complexity index is 390. The van der Waals surface area contributed by atoms with Gasteiger partial charge in [0.1, 0.15) is 0 Å². The second kappa shape index (κ2) is 4.96. The average molecular weight is 293 g/mol. The number of hydrogen-bond donors (Lipinski definition) is 0. The summed E-state index contributed by atoms with van der Waals surface area (Å²) in [6.45, 7) is 0. The van der Waals surface area contributed by atoms with Crippen LogP contribution in [0.3, 0.4) is 0 Å². The van der Waals surface area contributed by atoms with E-state index in [4.69, 9.17) is 22.5 Å². The van der Waals surface area contributed by atoms with E-state index >= 15 is 0 Å². The van der Waals surface area contributed by atoms with Crippen LogP contribution in [0.25, 0.3) is 0 Å². The van der Waals surface area contributed by atoms with Gasteiger partial charge >= 0.3 is 12.3 Å². The Balaban J connectivity index is 3.03. The van der Waals surface area contributed by atoms with Crippen molar-refractivity contribution >= 4 is 28.6 Å². The van der Waals surface area contributed by atoms with Gasteiger partial charge in [-0.1, -0.05) is 30.3 Å². The lowest BCUT2D eigenvalue weighted by Gasteiger charge is -2.21. The summed E-state index contributed by atoms with van der Waals surface area (Å²) >= 11 is 9.97. The highest BCUT2D eigenvalue weighted by Gasteiger charge is 2.45. The molecule has 90 valence electrons. The summed E-state index contributed by atoms with van der Waals surface area (Å²) in [6.07, 6.45) is -11.4. The Morgan fingerprint density at radius 3 is 2.06 bits per heavy atom. The molecule has 0 aliphatic rings. The first kappa shape index (κ1) is 13.8. The van der Waals surface area contributed by atoms with Gasteiger partial charge in [0.05, 0.1) is 0 Å². The van der Waals surface area contributed by atoms with Crippen molar-refractivity contribution in [2.24, 2.45) is 0 Å². The molecule has 8 heteroatoms. The van der Waals surface area contributed by atoms with Gasteiger partial charge in [-0.15, -0.1) is 0 Å². The zero-order valence-corrected chi connectivity index (χ0v) is 10.0. The van der Waals surface area contributed by atoms with Crippen LogP contribution in [-0.2, 0) is 9.09 Å². The van der Waals surface area contributed by atoms with Crippen LogP contribution < -0.4 is 0 Å². The highest BCUT2D eigenvalue weighted by atomic mass is 35.9. The van der Waals surface area contributed by atoms with Crippen molar-refractivity contribution in [2.45, 2.75) is 12.3 Å². The minimum atomic E-state index is -4.74. The summed E-state index contributed by atoms with van der Waals surface area (Å²) in [6, 6.07) is 6.69. The van der Waals surface area contributed by atoms with Gasteiger partial charge in [0.25, 0.3) is 0 Å². The number of benzene rings is 1. The largest absolute Gasteiger partial charge is 0.419 e. The van der Waals surface area contributed by atoms with Gasteiger partial charge in [0, 0.05) is 0 Å². The monoisotopic (exact) mass is 292 g/mol. The fraction of sp³-hybridized carbons (Fsp3) is 0.250. The zero-order valence-electron chi connectivity index (χ0n) is 7.62. The molecule has 0 amide bonds. The van der Waals surface area contributed by atoms with Gasteiger partial charge in [-0.2, -0.15) is 13.2 Å².